The average Bonchev–Trinajstić information content (AvgIpc) is 2.87. The molecule has 0 aliphatic heterocycles. The number of ether oxygens (including phenoxy) is 1. The van der Waals surface area contributed by atoms with Crippen LogP contribution in [0, 0.1) is 6.92 Å². The summed E-state index contributed by atoms with van der Waals surface area (Å²) in [6.45, 7) is 5.10. The number of H-pyrrole nitrogens is 1. The summed E-state index contributed by atoms with van der Waals surface area (Å²) in [5, 5.41) is 6.85. The smallest absolute Gasteiger partial charge is 0.314 e. The van der Waals surface area contributed by atoms with Gasteiger partial charge in [0.15, 0.2) is 0 Å². The molecular weight excluding hydrogens is 266 g/mol. The number of hydrogen-bond acceptors (Lipinski definition) is 2. The number of aryl methyl sites for hydroxylation is 1. The Kier molecular flexibility index (Phi) is 5.22. The van der Waals surface area contributed by atoms with Gasteiger partial charge in [-0.15, -0.1) is 0 Å². The third kappa shape index (κ3) is 4.23. The van der Waals surface area contributed by atoms with E-state index < -0.39 is 0 Å². The molecule has 0 saturated heterocycles. The van der Waals surface area contributed by atoms with Gasteiger partial charge in [0.2, 0.25) is 0 Å². The van der Waals surface area contributed by atoms with E-state index in [-0.39, 0.29) is 12.1 Å². The first kappa shape index (κ1) is 15.4. The van der Waals surface area contributed by atoms with Crippen LogP contribution in [-0.4, -0.2) is 37.3 Å². The van der Waals surface area contributed by atoms with E-state index in [1.165, 1.54) is 16.5 Å². The molecule has 5 heteroatoms. The molecule has 0 saturated carbocycles. The third-order valence-electron chi connectivity index (χ3n) is 3.56. The van der Waals surface area contributed by atoms with Crippen molar-refractivity contribution < 1.29 is 9.53 Å². The van der Waals surface area contributed by atoms with Crippen LogP contribution in [0.5, 0.6) is 0 Å². The number of benzene rings is 1. The minimum atomic E-state index is -0.158. The van der Waals surface area contributed by atoms with Gasteiger partial charge in [0.05, 0.1) is 6.10 Å². The highest BCUT2D eigenvalue weighted by atomic mass is 16.5. The molecule has 0 aliphatic carbocycles. The molecule has 0 fully saturated rings. The van der Waals surface area contributed by atoms with Gasteiger partial charge in [0.25, 0.3) is 0 Å². The van der Waals surface area contributed by atoms with Crippen LogP contribution in [0.25, 0.3) is 10.9 Å². The maximum atomic E-state index is 11.6. The standard InChI is InChI=1S/C16H23N3O2/c1-11-4-5-14-13(10-18-15(14)8-11)6-7-17-16(20)19-9-12(2)21-3/h4-5,8,10,12,18H,6-7,9H2,1-3H3,(H2,17,19,20)/t12-/m0/s1. The fourth-order valence-electron chi connectivity index (χ4n) is 2.20. The fourth-order valence-corrected chi connectivity index (χ4v) is 2.20. The Morgan fingerprint density at radius 1 is 1.38 bits per heavy atom. The third-order valence-corrected chi connectivity index (χ3v) is 3.56. The molecule has 1 aromatic carbocycles. The monoisotopic (exact) mass is 289 g/mol. The number of urea groups is 1. The van der Waals surface area contributed by atoms with Crippen LogP contribution < -0.4 is 10.6 Å². The van der Waals surface area contributed by atoms with Crippen molar-refractivity contribution in [3.05, 3.63) is 35.5 Å². The molecule has 1 atom stereocenters. The Morgan fingerprint density at radius 2 is 2.19 bits per heavy atom. The van der Waals surface area contributed by atoms with Gasteiger partial charge < -0.3 is 20.4 Å². The Hall–Kier alpha value is -2.01. The number of hydrogen-bond donors (Lipinski definition) is 3. The van der Waals surface area contributed by atoms with Crippen LogP contribution in [0.1, 0.15) is 18.1 Å². The zero-order valence-electron chi connectivity index (χ0n) is 12.8. The van der Waals surface area contributed by atoms with Gasteiger partial charge in [-0.25, -0.2) is 4.79 Å². The Balaban J connectivity index is 1.81. The summed E-state index contributed by atoms with van der Waals surface area (Å²) in [5.41, 5.74) is 3.60. The number of carbonyl (C=O) groups is 1. The maximum Gasteiger partial charge on any atom is 0.314 e. The van der Waals surface area contributed by atoms with Gasteiger partial charge >= 0.3 is 6.03 Å². The molecule has 1 aromatic heterocycles. The normalized spacial score (nSPS) is 12.3. The molecule has 21 heavy (non-hydrogen) atoms. The molecule has 2 amide bonds. The van der Waals surface area contributed by atoms with Crippen LogP contribution in [-0.2, 0) is 11.2 Å². The highest BCUT2D eigenvalue weighted by Gasteiger charge is 2.06. The van der Waals surface area contributed by atoms with Crippen molar-refractivity contribution in [3.8, 4) is 0 Å². The van der Waals surface area contributed by atoms with E-state index >= 15 is 0 Å². The number of rotatable bonds is 6. The SMILES string of the molecule is CO[C@@H](C)CNC(=O)NCCc1c[nH]c2cc(C)ccc12. The maximum absolute atomic E-state index is 11.6. The lowest BCUT2D eigenvalue weighted by Gasteiger charge is -2.11. The lowest BCUT2D eigenvalue weighted by Crippen LogP contribution is -2.40. The minimum absolute atomic E-state index is 0.0209. The molecule has 3 N–H and O–H groups in total. The van der Waals surface area contributed by atoms with Crippen LogP contribution in [0.3, 0.4) is 0 Å². The van der Waals surface area contributed by atoms with Crippen molar-refractivity contribution in [1.29, 1.82) is 0 Å². The van der Waals surface area contributed by atoms with E-state index in [1.807, 2.05) is 13.1 Å². The summed E-state index contributed by atoms with van der Waals surface area (Å²) >= 11 is 0. The number of methoxy groups -OCH3 is 1. The molecule has 2 aromatic rings. The van der Waals surface area contributed by atoms with Crippen LogP contribution in [0.2, 0.25) is 0 Å². The Labute approximate surface area is 125 Å². The predicted octanol–water partition coefficient (Wildman–Crippen LogP) is 2.35. The average molecular weight is 289 g/mol. The molecule has 0 radical (unpaired) electrons. The molecule has 1 heterocycles. The summed E-state index contributed by atoms with van der Waals surface area (Å²) in [7, 11) is 1.63. The summed E-state index contributed by atoms with van der Waals surface area (Å²) in [5.74, 6) is 0. The van der Waals surface area contributed by atoms with E-state index in [0.29, 0.717) is 13.1 Å². The molecule has 5 nitrogen and oxygen atoms in total. The van der Waals surface area contributed by atoms with Crippen molar-refractivity contribution in [3.63, 3.8) is 0 Å². The number of amides is 2. The van der Waals surface area contributed by atoms with Crippen molar-refractivity contribution in [1.82, 2.24) is 15.6 Å². The van der Waals surface area contributed by atoms with Gasteiger partial charge in [-0.3, -0.25) is 0 Å². The van der Waals surface area contributed by atoms with Crippen LogP contribution in [0.4, 0.5) is 4.79 Å². The van der Waals surface area contributed by atoms with Gasteiger partial charge in [-0.05, 0) is 37.5 Å². The molecule has 114 valence electrons. The van der Waals surface area contributed by atoms with Crippen LogP contribution >= 0.6 is 0 Å². The molecule has 0 unspecified atom stereocenters. The first-order valence-electron chi connectivity index (χ1n) is 7.21. The summed E-state index contributed by atoms with van der Waals surface area (Å²) in [6, 6.07) is 6.20. The second kappa shape index (κ2) is 7.13. The highest BCUT2D eigenvalue weighted by molar-refractivity contribution is 5.83. The second-order valence-corrected chi connectivity index (χ2v) is 5.30. The minimum Gasteiger partial charge on any atom is -0.380 e. The Bertz CT molecular complexity index is 607. The largest absolute Gasteiger partial charge is 0.380 e. The zero-order valence-corrected chi connectivity index (χ0v) is 12.8. The Morgan fingerprint density at radius 3 is 2.95 bits per heavy atom. The lowest BCUT2D eigenvalue weighted by atomic mass is 10.1. The lowest BCUT2D eigenvalue weighted by molar-refractivity contribution is 0.118. The van der Waals surface area contributed by atoms with E-state index in [4.69, 9.17) is 4.74 Å². The molecule has 2 rings (SSSR count). The van der Waals surface area contributed by atoms with Gasteiger partial charge in [0.1, 0.15) is 0 Å². The quantitative estimate of drug-likeness (QED) is 0.764. The second-order valence-electron chi connectivity index (χ2n) is 5.30. The van der Waals surface area contributed by atoms with Crippen molar-refractivity contribution in [2.24, 2.45) is 0 Å². The topological polar surface area (TPSA) is 66.2 Å². The highest BCUT2D eigenvalue weighted by Crippen LogP contribution is 2.19. The van der Waals surface area contributed by atoms with Crippen molar-refractivity contribution in [2.45, 2.75) is 26.4 Å². The summed E-state index contributed by atoms with van der Waals surface area (Å²) in [4.78, 5) is 14.9. The van der Waals surface area contributed by atoms with E-state index in [1.54, 1.807) is 7.11 Å². The van der Waals surface area contributed by atoms with Gasteiger partial charge in [-0.2, -0.15) is 0 Å². The van der Waals surface area contributed by atoms with Crippen molar-refractivity contribution in [2.75, 3.05) is 20.2 Å². The molecular formula is C16H23N3O2. The van der Waals surface area contributed by atoms with E-state index in [9.17, 15) is 4.79 Å². The number of aromatic amines is 1. The summed E-state index contributed by atoms with van der Waals surface area (Å²) < 4.78 is 5.08. The van der Waals surface area contributed by atoms with E-state index in [2.05, 4.69) is 40.7 Å². The van der Waals surface area contributed by atoms with E-state index in [0.717, 1.165) is 11.9 Å². The van der Waals surface area contributed by atoms with Crippen LogP contribution in [0.15, 0.2) is 24.4 Å². The molecule has 0 bridgehead atoms. The predicted molar refractivity (Wildman–Crippen MR) is 84.6 cm³/mol. The zero-order chi connectivity index (χ0) is 15.2. The van der Waals surface area contributed by atoms with Gasteiger partial charge in [0, 0.05) is 37.3 Å². The van der Waals surface area contributed by atoms with Gasteiger partial charge in [-0.1, -0.05) is 12.1 Å². The number of nitrogens with one attached hydrogen (secondary N) is 3. The number of carbonyl (C=O) groups excluding carboxylic acids is 1. The first-order valence-corrected chi connectivity index (χ1v) is 7.21. The van der Waals surface area contributed by atoms with Crippen molar-refractivity contribution >= 4 is 16.9 Å². The number of aromatic nitrogens is 1. The first-order chi connectivity index (χ1) is 10.1. The number of fused-ring (bicyclic) bond motifs is 1. The molecule has 0 spiro atoms. The fraction of sp³-hybridized carbons (Fsp3) is 0.438. The summed E-state index contributed by atoms with van der Waals surface area (Å²) in [6.07, 6.45) is 2.83. The molecule has 0 aliphatic rings.